The van der Waals surface area contributed by atoms with Gasteiger partial charge >= 0.3 is 0 Å². The van der Waals surface area contributed by atoms with Crippen LogP contribution in [-0.4, -0.2) is 63.5 Å². The molecular weight excluding hydrogens is 326 g/mol. The molecule has 2 rings (SSSR count). The summed E-state index contributed by atoms with van der Waals surface area (Å²) < 4.78 is 33.0. The molecule has 1 saturated heterocycles. The van der Waals surface area contributed by atoms with Gasteiger partial charge in [0.05, 0.1) is 12.0 Å². The van der Waals surface area contributed by atoms with Gasteiger partial charge in [-0.2, -0.15) is 4.31 Å². The van der Waals surface area contributed by atoms with Crippen LogP contribution >= 0.6 is 0 Å². The Bertz CT molecular complexity index is 596. The zero-order valence-electron chi connectivity index (χ0n) is 14.6. The number of nitrogens with two attached hydrogens (primary N) is 1. The number of hydrogen-bond acceptors (Lipinski definition) is 5. The van der Waals surface area contributed by atoms with E-state index < -0.39 is 10.0 Å². The predicted octanol–water partition coefficient (Wildman–Crippen LogP) is 1.52. The van der Waals surface area contributed by atoms with Gasteiger partial charge in [-0.1, -0.05) is 6.92 Å². The molecule has 6 nitrogen and oxygen atoms in total. The third kappa shape index (κ3) is 4.47. The maximum atomic E-state index is 13.1. The first-order valence-corrected chi connectivity index (χ1v) is 10.0. The highest BCUT2D eigenvalue weighted by Gasteiger charge is 2.33. The van der Waals surface area contributed by atoms with Crippen molar-refractivity contribution < 1.29 is 13.2 Å². The first kappa shape index (κ1) is 19.2. The fourth-order valence-corrected chi connectivity index (χ4v) is 4.99. The molecule has 0 amide bonds. The van der Waals surface area contributed by atoms with Gasteiger partial charge in [0.15, 0.2) is 0 Å². The molecule has 0 unspecified atom stereocenters. The number of benzene rings is 1. The molecule has 1 aliphatic heterocycles. The molecule has 0 radical (unpaired) electrons. The molecule has 1 aliphatic rings. The monoisotopic (exact) mass is 355 g/mol. The Labute approximate surface area is 145 Å². The zero-order valence-corrected chi connectivity index (χ0v) is 15.5. The molecule has 0 aromatic heterocycles. The van der Waals surface area contributed by atoms with Crippen LogP contribution < -0.4 is 10.5 Å². The molecule has 0 aliphatic carbocycles. The summed E-state index contributed by atoms with van der Waals surface area (Å²) in [5, 5.41) is 0. The van der Waals surface area contributed by atoms with Crippen molar-refractivity contribution in [2.75, 3.05) is 39.8 Å². The van der Waals surface area contributed by atoms with Crippen LogP contribution in [0.2, 0.25) is 0 Å². The van der Waals surface area contributed by atoms with E-state index in [-0.39, 0.29) is 6.04 Å². The Balaban J connectivity index is 2.16. The molecule has 0 spiro atoms. The van der Waals surface area contributed by atoms with Gasteiger partial charge in [-0.05, 0) is 56.6 Å². The summed E-state index contributed by atoms with van der Waals surface area (Å²) in [4.78, 5) is 2.64. The smallest absolute Gasteiger partial charge is 0.243 e. The summed E-state index contributed by atoms with van der Waals surface area (Å²) in [7, 11) is -1.91. The highest BCUT2D eigenvalue weighted by molar-refractivity contribution is 7.89. The van der Waals surface area contributed by atoms with Crippen molar-refractivity contribution in [3.8, 4) is 5.75 Å². The van der Waals surface area contributed by atoms with Gasteiger partial charge in [0, 0.05) is 25.7 Å². The van der Waals surface area contributed by atoms with Gasteiger partial charge in [-0.3, -0.25) is 0 Å². The molecule has 0 saturated carbocycles. The predicted molar refractivity (Wildman–Crippen MR) is 95.7 cm³/mol. The average molecular weight is 356 g/mol. The third-order valence-corrected chi connectivity index (χ3v) is 6.49. The summed E-state index contributed by atoms with van der Waals surface area (Å²) in [6, 6.07) is 6.70. The molecule has 2 N–H and O–H groups in total. The van der Waals surface area contributed by atoms with Crippen LogP contribution in [0.25, 0.3) is 0 Å². The second kappa shape index (κ2) is 8.80. The largest absolute Gasteiger partial charge is 0.497 e. The van der Waals surface area contributed by atoms with Gasteiger partial charge in [0.1, 0.15) is 5.75 Å². The minimum atomic E-state index is -3.48. The average Bonchev–Trinajstić information content (AvgIpc) is 2.61. The number of methoxy groups -OCH3 is 1. The number of rotatable bonds is 8. The molecule has 1 aromatic carbocycles. The maximum absolute atomic E-state index is 13.1. The Morgan fingerprint density at radius 2 is 1.88 bits per heavy atom. The summed E-state index contributed by atoms with van der Waals surface area (Å²) in [6.07, 6.45) is 2.52. The molecule has 0 atom stereocenters. The normalized spacial score (nSPS) is 17.3. The van der Waals surface area contributed by atoms with E-state index in [4.69, 9.17) is 10.5 Å². The number of nitrogens with zero attached hydrogens (tertiary/aromatic N) is 2. The molecule has 0 bridgehead atoms. The van der Waals surface area contributed by atoms with E-state index in [1.165, 1.54) is 0 Å². The maximum Gasteiger partial charge on any atom is 0.243 e. The number of sulfonamides is 1. The standard InChI is InChI=1S/C17H29N3O3S/c1-3-11-20(15-8-12-19(13-9-15)14-10-18)24(21,22)17-6-4-16(23-2)5-7-17/h4-7,15H,3,8-14,18H2,1-2H3. The third-order valence-electron chi connectivity index (χ3n) is 4.52. The molecular formula is C17H29N3O3S. The van der Waals surface area contributed by atoms with E-state index in [0.29, 0.717) is 23.7 Å². The van der Waals surface area contributed by atoms with Gasteiger partial charge in [0.25, 0.3) is 0 Å². The fourth-order valence-electron chi connectivity index (χ4n) is 3.22. The van der Waals surface area contributed by atoms with Crippen LogP contribution in [0.5, 0.6) is 5.75 Å². The van der Waals surface area contributed by atoms with Crippen molar-refractivity contribution in [2.45, 2.75) is 37.1 Å². The Morgan fingerprint density at radius 1 is 1.25 bits per heavy atom. The van der Waals surface area contributed by atoms with E-state index in [0.717, 1.165) is 38.9 Å². The minimum Gasteiger partial charge on any atom is -0.497 e. The molecule has 136 valence electrons. The molecule has 1 heterocycles. The topological polar surface area (TPSA) is 75.9 Å². The SMILES string of the molecule is CCCN(C1CCN(CCN)CC1)S(=O)(=O)c1ccc(OC)cc1. The summed E-state index contributed by atoms with van der Waals surface area (Å²) in [5.74, 6) is 0.658. The quantitative estimate of drug-likeness (QED) is 0.765. The first-order valence-electron chi connectivity index (χ1n) is 8.61. The van der Waals surface area contributed by atoms with Gasteiger partial charge < -0.3 is 15.4 Å². The van der Waals surface area contributed by atoms with E-state index in [1.54, 1.807) is 35.7 Å². The summed E-state index contributed by atoms with van der Waals surface area (Å²) >= 11 is 0. The lowest BCUT2D eigenvalue weighted by Crippen LogP contribution is -2.48. The van der Waals surface area contributed by atoms with Crippen molar-refractivity contribution >= 4 is 10.0 Å². The molecule has 1 fully saturated rings. The van der Waals surface area contributed by atoms with Crippen LogP contribution in [0.4, 0.5) is 0 Å². The molecule has 7 heteroatoms. The Morgan fingerprint density at radius 3 is 2.38 bits per heavy atom. The zero-order chi connectivity index (χ0) is 17.6. The van der Waals surface area contributed by atoms with E-state index >= 15 is 0 Å². The van der Waals surface area contributed by atoms with Gasteiger partial charge in [-0.15, -0.1) is 0 Å². The van der Waals surface area contributed by atoms with Crippen LogP contribution in [-0.2, 0) is 10.0 Å². The highest BCUT2D eigenvalue weighted by atomic mass is 32.2. The lowest BCUT2D eigenvalue weighted by molar-refractivity contribution is 0.162. The summed E-state index contributed by atoms with van der Waals surface area (Å²) in [6.45, 7) is 5.90. The van der Waals surface area contributed by atoms with Crippen LogP contribution in [0.1, 0.15) is 26.2 Å². The Kier molecular flexibility index (Phi) is 7.03. The highest BCUT2D eigenvalue weighted by Crippen LogP contribution is 2.25. The minimum absolute atomic E-state index is 0.0612. The second-order valence-corrected chi connectivity index (χ2v) is 8.04. The number of piperidine rings is 1. The van der Waals surface area contributed by atoms with Gasteiger partial charge in [-0.25, -0.2) is 8.42 Å². The second-order valence-electron chi connectivity index (χ2n) is 6.15. The van der Waals surface area contributed by atoms with Crippen LogP contribution in [0, 0.1) is 0 Å². The van der Waals surface area contributed by atoms with Crippen LogP contribution in [0.3, 0.4) is 0 Å². The number of ether oxygens (including phenoxy) is 1. The van der Waals surface area contributed by atoms with Crippen molar-refractivity contribution in [2.24, 2.45) is 5.73 Å². The van der Waals surface area contributed by atoms with E-state index in [2.05, 4.69) is 4.90 Å². The number of hydrogen-bond donors (Lipinski definition) is 1. The van der Waals surface area contributed by atoms with Crippen molar-refractivity contribution in [3.05, 3.63) is 24.3 Å². The van der Waals surface area contributed by atoms with Crippen molar-refractivity contribution in [1.29, 1.82) is 0 Å². The summed E-state index contributed by atoms with van der Waals surface area (Å²) in [5.41, 5.74) is 5.61. The van der Waals surface area contributed by atoms with E-state index in [1.807, 2.05) is 6.92 Å². The van der Waals surface area contributed by atoms with Crippen molar-refractivity contribution in [3.63, 3.8) is 0 Å². The fraction of sp³-hybridized carbons (Fsp3) is 0.647. The lowest BCUT2D eigenvalue weighted by Gasteiger charge is -2.37. The van der Waals surface area contributed by atoms with Gasteiger partial charge in [0.2, 0.25) is 10.0 Å². The first-order chi connectivity index (χ1) is 11.5. The Hall–Kier alpha value is -1.15. The molecule has 24 heavy (non-hydrogen) atoms. The van der Waals surface area contributed by atoms with Crippen molar-refractivity contribution in [1.82, 2.24) is 9.21 Å². The lowest BCUT2D eigenvalue weighted by atomic mass is 10.0. The number of likely N-dealkylation sites (tertiary alicyclic amines) is 1. The van der Waals surface area contributed by atoms with Crippen LogP contribution in [0.15, 0.2) is 29.2 Å². The molecule has 1 aromatic rings. The van der Waals surface area contributed by atoms with E-state index in [9.17, 15) is 8.42 Å².